The molecular formula is C14H22N2S. The van der Waals surface area contributed by atoms with Gasteiger partial charge in [-0.15, -0.1) is 0 Å². The molecule has 1 aliphatic carbocycles. The van der Waals surface area contributed by atoms with Crippen LogP contribution in [0.1, 0.15) is 24.8 Å². The van der Waals surface area contributed by atoms with E-state index in [2.05, 4.69) is 27.0 Å². The molecule has 2 aliphatic rings. The van der Waals surface area contributed by atoms with Gasteiger partial charge in [0.1, 0.15) is 0 Å². The molecule has 0 amide bonds. The Bertz CT molecular complexity index is 332. The van der Waals surface area contributed by atoms with Crippen molar-refractivity contribution >= 4 is 11.3 Å². The van der Waals surface area contributed by atoms with Crippen molar-refractivity contribution in [1.29, 1.82) is 0 Å². The molecule has 1 unspecified atom stereocenters. The highest BCUT2D eigenvalue weighted by Gasteiger charge is 2.32. The lowest BCUT2D eigenvalue weighted by molar-refractivity contribution is 0.261. The van der Waals surface area contributed by atoms with E-state index in [1.807, 2.05) is 11.3 Å². The smallest absolute Gasteiger partial charge is 0.0223 e. The maximum absolute atomic E-state index is 3.73. The van der Waals surface area contributed by atoms with Gasteiger partial charge in [-0.25, -0.2) is 0 Å². The van der Waals surface area contributed by atoms with E-state index >= 15 is 0 Å². The second-order valence-corrected chi connectivity index (χ2v) is 6.21. The van der Waals surface area contributed by atoms with E-state index in [4.69, 9.17) is 0 Å². The highest BCUT2D eigenvalue weighted by Crippen LogP contribution is 2.33. The molecule has 2 nitrogen and oxygen atoms in total. The summed E-state index contributed by atoms with van der Waals surface area (Å²) in [6, 6.07) is 3.04. The summed E-state index contributed by atoms with van der Waals surface area (Å²) in [5.74, 6) is 0.983. The molecule has 2 fully saturated rings. The van der Waals surface area contributed by atoms with Crippen molar-refractivity contribution in [3.8, 4) is 0 Å². The van der Waals surface area contributed by atoms with Gasteiger partial charge in [-0.3, -0.25) is 0 Å². The third kappa shape index (κ3) is 3.30. The molecule has 2 heterocycles. The standard InChI is InChI=1S/C14H22N2S/c1-6-15-14(13-2-3-13)10-16(7-1)8-4-12-5-9-17-11-12/h5,9,11,13-15H,1-4,6-8,10H2. The molecule has 1 saturated carbocycles. The van der Waals surface area contributed by atoms with E-state index in [1.54, 1.807) is 0 Å². The number of rotatable bonds is 4. The van der Waals surface area contributed by atoms with Gasteiger partial charge in [-0.1, -0.05) is 0 Å². The zero-order chi connectivity index (χ0) is 11.5. The lowest BCUT2D eigenvalue weighted by Crippen LogP contribution is -2.39. The van der Waals surface area contributed by atoms with E-state index in [1.165, 1.54) is 57.4 Å². The van der Waals surface area contributed by atoms with Crippen LogP contribution >= 0.6 is 11.3 Å². The van der Waals surface area contributed by atoms with Gasteiger partial charge in [-0.2, -0.15) is 11.3 Å². The number of hydrogen-bond acceptors (Lipinski definition) is 3. The summed E-state index contributed by atoms with van der Waals surface area (Å²) in [7, 11) is 0. The first-order valence-electron chi connectivity index (χ1n) is 6.88. The maximum Gasteiger partial charge on any atom is 0.0223 e. The molecule has 1 N–H and O–H groups in total. The Balaban J connectivity index is 1.50. The van der Waals surface area contributed by atoms with Crippen molar-refractivity contribution in [2.45, 2.75) is 31.7 Å². The van der Waals surface area contributed by atoms with Gasteiger partial charge in [-0.05, 0) is 67.1 Å². The molecule has 1 atom stereocenters. The Morgan fingerprint density at radius 2 is 2.35 bits per heavy atom. The minimum atomic E-state index is 0.778. The number of hydrogen-bond donors (Lipinski definition) is 1. The molecule has 3 rings (SSSR count). The first kappa shape index (κ1) is 11.7. The van der Waals surface area contributed by atoms with E-state index in [9.17, 15) is 0 Å². The molecule has 3 heteroatoms. The van der Waals surface area contributed by atoms with Gasteiger partial charge in [0.05, 0.1) is 0 Å². The fourth-order valence-corrected chi connectivity index (χ4v) is 3.47. The van der Waals surface area contributed by atoms with E-state index in [0.717, 1.165) is 12.0 Å². The van der Waals surface area contributed by atoms with Gasteiger partial charge in [0.15, 0.2) is 0 Å². The van der Waals surface area contributed by atoms with Crippen LogP contribution in [0.15, 0.2) is 16.8 Å². The van der Waals surface area contributed by atoms with E-state index < -0.39 is 0 Å². The Kier molecular flexibility index (Phi) is 3.79. The van der Waals surface area contributed by atoms with Gasteiger partial charge < -0.3 is 10.2 Å². The predicted molar refractivity (Wildman–Crippen MR) is 73.6 cm³/mol. The van der Waals surface area contributed by atoms with Crippen molar-refractivity contribution < 1.29 is 0 Å². The van der Waals surface area contributed by atoms with Crippen molar-refractivity contribution in [2.24, 2.45) is 5.92 Å². The highest BCUT2D eigenvalue weighted by molar-refractivity contribution is 7.07. The van der Waals surface area contributed by atoms with Crippen LogP contribution in [0.4, 0.5) is 0 Å². The minimum Gasteiger partial charge on any atom is -0.312 e. The normalized spacial score (nSPS) is 26.9. The number of thiophene rings is 1. The summed E-state index contributed by atoms with van der Waals surface area (Å²) in [6.45, 7) is 5.01. The number of nitrogens with zero attached hydrogens (tertiary/aromatic N) is 1. The zero-order valence-corrected chi connectivity index (χ0v) is 11.2. The van der Waals surface area contributed by atoms with Gasteiger partial charge >= 0.3 is 0 Å². The number of nitrogens with one attached hydrogen (secondary N) is 1. The average Bonchev–Trinajstić information content (AvgIpc) is 3.09. The van der Waals surface area contributed by atoms with Crippen LogP contribution in [0.2, 0.25) is 0 Å². The lowest BCUT2D eigenvalue weighted by Gasteiger charge is -2.24. The summed E-state index contributed by atoms with van der Waals surface area (Å²) in [4.78, 5) is 2.67. The Morgan fingerprint density at radius 3 is 3.12 bits per heavy atom. The van der Waals surface area contributed by atoms with Crippen LogP contribution in [-0.2, 0) is 6.42 Å². The highest BCUT2D eigenvalue weighted by atomic mass is 32.1. The third-order valence-electron chi connectivity index (χ3n) is 4.00. The summed E-state index contributed by atoms with van der Waals surface area (Å²) in [5, 5.41) is 8.20. The monoisotopic (exact) mass is 250 g/mol. The van der Waals surface area contributed by atoms with Crippen LogP contribution < -0.4 is 5.32 Å². The third-order valence-corrected chi connectivity index (χ3v) is 4.73. The summed E-state index contributed by atoms with van der Waals surface area (Å²) >= 11 is 1.81. The topological polar surface area (TPSA) is 15.3 Å². The van der Waals surface area contributed by atoms with Gasteiger partial charge in [0.25, 0.3) is 0 Å². The van der Waals surface area contributed by atoms with Crippen molar-refractivity contribution in [3.63, 3.8) is 0 Å². The largest absolute Gasteiger partial charge is 0.312 e. The molecule has 17 heavy (non-hydrogen) atoms. The summed E-state index contributed by atoms with van der Waals surface area (Å²) in [5.41, 5.74) is 1.51. The zero-order valence-electron chi connectivity index (χ0n) is 10.4. The first-order chi connectivity index (χ1) is 8.42. The van der Waals surface area contributed by atoms with Crippen LogP contribution in [-0.4, -0.2) is 37.1 Å². The summed E-state index contributed by atoms with van der Waals surface area (Å²) < 4.78 is 0. The predicted octanol–water partition coefficient (Wildman–Crippen LogP) is 2.36. The fourth-order valence-electron chi connectivity index (χ4n) is 2.76. The van der Waals surface area contributed by atoms with Crippen molar-refractivity contribution in [3.05, 3.63) is 22.4 Å². The van der Waals surface area contributed by atoms with Crippen LogP contribution in [0.5, 0.6) is 0 Å². The van der Waals surface area contributed by atoms with Crippen LogP contribution in [0.3, 0.4) is 0 Å². The second kappa shape index (κ2) is 5.51. The second-order valence-electron chi connectivity index (χ2n) is 5.43. The fraction of sp³-hybridized carbons (Fsp3) is 0.714. The molecule has 0 bridgehead atoms. The average molecular weight is 250 g/mol. The summed E-state index contributed by atoms with van der Waals surface area (Å²) in [6.07, 6.45) is 5.44. The molecule has 1 saturated heterocycles. The van der Waals surface area contributed by atoms with Crippen LogP contribution in [0, 0.1) is 5.92 Å². The van der Waals surface area contributed by atoms with Gasteiger partial charge in [0, 0.05) is 19.1 Å². The lowest BCUT2D eigenvalue weighted by atomic mass is 10.1. The van der Waals surface area contributed by atoms with E-state index in [0.29, 0.717) is 0 Å². The maximum atomic E-state index is 3.73. The minimum absolute atomic E-state index is 0.778. The van der Waals surface area contributed by atoms with Gasteiger partial charge in [0.2, 0.25) is 0 Å². The molecule has 0 aromatic carbocycles. The van der Waals surface area contributed by atoms with Crippen molar-refractivity contribution in [1.82, 2.24) is 10.2 Å². The molecule has 94 valence electrons. The molecular weight excluding hydrogens is 228 g/mol. The van der Waals surface area contributed by atoms with E-state index in [-0.39, 0.29) is 0 Å². The Morgan fingerprint density at radius 1 is 1.41 bits per heavy atom. The molecule has 1 aromatic heterocycles. The first-order valence-corrected chi connectivity index (χ1v) is 7.83. The molecule has 1 aromatic rings. The molecule has 0 radical (unpaired) electrons. The Labute approximate surface area is 108 Å². The molecule has 1 aliphatic heterocycles. The quantitative estimate of drug-likeness (QED) is 0.882. The van der Waals surface area contributed by atoms with Crippen LogP contribution in [0.25, 0.3) is 0 Å². The van der Waals surface area contributed by atoms with Crippen molar-refractivity contribution in [2.75, 3.05) is 26.2 Å². The molecule has 0 spiro atoms. The Hall–Kier alpha value is -0.380. The SMILES string of the molecule is c1cc(CCN2CCCNC(C3CC3)C2)cs1.